The van der Waals surface area contributed by atoms with E-state index in [1.54, 1.807) is 12.1 Å². The highest BCUT2D eigenvalue weighted by molar-refractivity contribution is 6.32. The zero-order valence-electron chi connectivity index (χ0n) is 13.7. The number of hydrogen-bond donors (Lipinski definition) is 1. The summed E-state index contributed by atoms with van der Waals surface area (Å²) in [7, 11) is 0. The third kappa shape index (κ3) is 3.72. The summed E-state index contributed by atoms with van der Waals surface area (Å²) < 4.78 is 0. The molecule has 5 nitrogen and oxygen atoms in total. The van der Waals surface area contributed by atoms with Crippen molar-refractivity contribution < 1.29 is 14.4 Å². The van der Waals surface area contributed by atoms with E-state index in [9.17, 15) is 14.4 Å². The van der Waals surface area contributed by atoms with E-state index in [4.69, 9.17) is 11.6 Å². The van der Waals surface area contributed by atoms with E-state index >= 15 is 0 Å². The van der Waals surface area contributed by atoms with Gasteiger partial charge in [0.05, 0.1) is 17.5 Å². The van der Waals surface area contributed by atoms with Crippen LogP contribution >= 0.6 is 11.6 Å². The molecule has 0 spiro atoms. The van der Waals surface area contributed by atoms with Gasteiger partial charge in [0.15, 0.2) is 0 Å². The number of rotatable bonds is 5. The smallest absolute Gasteiger partial charge is 0.261 e. The second-order valence-corrected chi connectivity index (χ2v) is 6.40. The maximum atomic E-state index is 12.3. The molecule has 0 fully saturated rings. The largest absolute Gasteiger partial charge is 0.354 e. The number of imide groups is 1. The second kappa shape index (κ2) is 7.07. The number of carbonyl (C=O) groups excluding carboxylic acids is 3. The van der Waals surface area contributed by atoms with Gasteiger partial charge in [-0.1, -0.05) is 41.4 Å². The average molecular weight is 357 g/mol. The molecular weight excluding hydrogens is 340 g/mol. The van der Waals surface area contributed by atoms with Gasteiger partial charge in [-0.2, -0.15) is 0 Å². The summed E-state index contributed by atoms with van der Waals surface area (Å²) in [4.78, 5) is 37.7. The molecule has 1 N–H and O–H groups in total. The highest BCUT2D eigenvalue weighted by atomic mass is 35.5. The fourth-order valence-corrected chi connectivity index (χ4v) is 2.90. The summed E-state index contributed by atoms with van der Waals surface area (Å²) in [5.41, 5.74) is 2.71. The van der Waals surface area contributed by atoms with Crippen molar-refractivity contribution in [3.63, 3.8) is 0 Å². The molecule has 0 saturated heterocycles. The quantitative estimate of drug-likeness (QED) is 0.837. The van der Waals surface area contributed by atoms with Crippen LogP contribution in [0.1, 0.15) is 31.8 Å². The van der Waals surface area contributed by atoms with Crippen molar-refractivity contribution in [2.24, 2.45) is 0 Å². The number of nitrogens with one attached hydrogen (secondary N) is 1. The average Bonchev–Trinajstić information content (AvgIpc) is 2.81. The highest BCUT2D eigenvalue weighted by Gasteiger charge is 2.35. The van der Waals surface area contributed by atoms with Crippen molar-refractivity contribution in [3.05, 3.63) is 69.7 Å². The molecule has 0 aromatic heterocycles. The van der Waals surface area contributed by atoms with Crippen LogP contribution in [0.25, 0.3) is 0 Å². The first-order valence-corrected chi connectivity index (χ1v) is 8.31. The van der Waals surface area contributed by atoms with Crippen molar-refractivity contribution in [3.8, 4) is 0 Å². The van der Waals surface area contributed by atoms with E-state index in [-0.39, 0.29) is 37.2 Å². The maximum Gasteiger partial charge on any atom is 0.261 e. The lowest BCUT2D eigenvalue weighted by Crippen LogP contribution is -2.38. The Morgan fingerprint density at radius 3 is 2.44 bits per heavy atom. The van der Waals surface area contributed by atoms with E-state index in [0.29, 0.717) is 16.1 Å². The van der Waals surface area contributed by atoms with Gasteiger partial charge in [0.2, 0.25) is 5.91 Å². The van der Waals surface area contributed by atoms with Crippen LogP contribution in [0.15, 0.2) is 42.5 Å². The molecule has 2 aromatic carbocycles. The Bertz CT molecular complexity index is 846. The van der Waals surface area contributed by atoms with E-state index in [2.05, 4.69) is 5.32 Å². The molecule has 25 heavy (non-hydrogen) atoms. The van der Waals surface area contributed by atoms with E-state index in [0.717, 1.165) is 16.0 Å². The lowest BCUT2D eigenvalue weighted by atomic mass is 10.1. The molecule has 3 rings (SSSR count). The third-order valence-electron chi connectivity index (χ3n) is 4.08. The predicted molar refractivity (Wildman–Crippen MR) is 94.7 cm³/mol. The van der Waals surface area contributed by atoms with Crippen LogP contribution in [0.3, 0.4) is 0 Å². The third-order valence-corrected chi connectivity index (χ3v) is 4.31. The molecule has 0 atom stereocenters. The number of aryl methyl sites for hydroxylation is 1. The minimum absolute atomic E-state index is 0.129. The Balaban J connectivity index is 1.54. The predicted octanol–water partition coefficient (Wildman–Crippen LogP) is 2.60. The van der Waals surface area contributed by atoms with Crippen molar-refractivity contribution >= 4 is 29.3 Å². The fourth-order valence-electron chi connectivity index (χ4n) is 2.73. The summed E-state index contributed by atoms with van der Waals surface area (Å²) >= 11 is 5.88. The Kier molecular flexibility index (Phi) is 4.86. The molecule has 2 aromatic rings. The first kappa shape index (κ1) is 17.2. The molecule has 3 amide bonds. The number of benzene rings is 2. The number of amides is 3. The molecular formula is C19H17ClN2O3. The minimum Gasteiger partial charge on any atom is -0.354 e. The molecule has 0 saturated carbocycles. The SMILES string of the molecule is Cc1ccc(CC(=O)NCCN2C(=O)c3ccc(Cl)cc3C2=O)cc1. The standard InChI is InChI=1S/C19H17ClN2O3/c1-12-2-4-13(5-3-12)10-17(23)21-8-9-22-18(24)15-7-6-14(20)11-16(15)19(22)25/h2-7,11H,8-10H2,1H3,(H,21,23). The Morgan fingerprint density at radius 1 is 1.04 bits per heavy atom. The van der Waals surface area contributed by atoms with Crippen LogP contribution < -0.4 is 5.32 Å². The van der Waals surface area contributed by atoms with Crippen molar-refractivity contribution in [2.45, 2.75) is 13.3 Å². The maximum absolute atomic E-state index is 12.3. The lowest BCUT2D eigenvalue weighted by molar-refractivity contribution is -0.120. The number of carbonyl (C=O) groups is 3. The number of hydrogen-bond acceptors (Lipinski definition) is 3. The van der Waals surface area contributed by atoms with Gasteiger partial charge in [-0.15, -0.1) is 0 Å². The monoisotopic (exact) mass is 356 g/mol. The summed E-state index contributed by atoms with van der Waals surface area (Å²) in [6, 6.07) is 12.3. The minimum atomic E-state index is -0.379. The van der Waals surface area contributed by atoms with Crippen LogP contribution in [0.4, 0.5) is 0 Å². The zero-order chi connectivity index (χ0) is 18.0. The van der Waals surface area contributed by atoms with E-state index in [1.807, 2.05) is 31.2 Å². The van der Waals surface area contributed by atoms with E-state index in [1.165, 1.54) is 6.07 Å². The van der Waals surface area contributed by atoms with E-state index < -0.39 is 0 Å². The topological polar surface area (TPSA) is 66.5 Å². The van der Waals surface area contributed by atoms with Gasteiger partial charge >= 0.3 is 0 Å². The molecule has 1 aliphatic rings. The molecule has 6 heteroatoms. The van der Waals surface area contributed by atoms with Crippen molar-refractivity contribution in [1.29, 1.82) is 0 Å². The number of halogens is 1. The first-order chi connectivity index (χ1) is 12.0. The van der Waals surface area contributed by atoms with Gasteiger partial charge < -0.3 is 5.32 Å². The number of nitrogens with zero attached hydrogens (tertiary/aromatic N) is 1. The molecule has 0 unspecified atom stereocenters. The second-order valence-electron chi connectivity index (χ2n) is 5.96. The summed E-state index contributed by atoms with van der Waals surface area (Å²) in [5.74, 6) is -0.886. The Hall–Kier alpha value is -2.66. The van der Waals surface area contributed by atoms with Gasteiger partial charge in [0.1, 0.15) is 0 Å². The van der Waals surface area contributed by atoms with Crippen LogP contribution in [0.5, 0.6) is 0 Å². The van der Waals surface area contributed by atoms with Crippen molar-refractivity contribution in [1.82, 2.24) is 10.2 Å². The summed E-state index contributed by atoms with van der Waals surface area (Å²) in [5, 5.41) is 3.15. The van der Waals surface area contributed by atoms with Crippen LogP contribution in [-0.2, 0) is 11.2 Å². The first-order valence-electron chi connectivity index (χ1n) is 7.93. The van der Waals surface area contributed by atoms with Gasteiger partial charge in [-0.25, -0.2) is 0 Å². The molecule has 1 aliphatic heterocycles. The molecule has 0 radical (unpaired) electrons. The summed E-state index contributed by atoms with van der Waals surface area (Å²) in [6.07, 6.45) is 0.262. The van der Waals surface area contributed by atoms with Crippen LogP contribution in [-0.4, -0.2) is 35.7 Å². The van der Waals surface area contributed by atoms with Crippen molar-refractivity contribution in [2.75, 3.05) is 13.1 Å². The lowest BCUT2D eigenvalue weighted by Gasteiger charge is -2.14. The van der Waals surface area contributed by atoms with Crippen LogP contribution in [0, 0.1) is 6.92 Å². The summed E-state index contributed by atoms with van der Waals surface area (Å²) in [6.45, 7) is 2.33. The zero-order valence-corrected chi connectivity index (χ0v) is 14.5. The molecule has 0 aliphatic carbocycles. The van der Waals surface area contributed by atoms with Gasteiger partial charge in [0, 0.05) is 18.1 Å². The molecule has 0 bridgehead atoms. The fraction of sp³-hybridized carbons (Fsp3) is 0.211. The normalized spacial score (nSPS) is 13.1. The Morgan fingerprint density at radius 2 is 1.72 bits per heavy atom. The Labute approximate surface area is 150 Å². The van der Waals surface area contributed by atoms with Gasteiger partial charge in [-0.3, -0.25) is 19.3 Å². The van der Waals surface area contributed by atoms with Gasteiger partial charge in [-0.05, 0) is 30.7 Å². The molecule has 1 heterocycles. The van der Waals surface area contributed by atoms with Gasteiger partial charge in [0.25, 0.3) is 11.8 Å². The number of fused-ring (bicyclic) bond motifs is 1. The van der Waals surface area contributed by atoms with Crippen LogP contribution in [0.2, 0.25) is 5.02 Å². The highest BCUT2D eigenvalue weighted by Crippen LogP contribution is 2.25. The molecule has 128 valence electrons.